The number of aromatic hydroxyl groups is 3. The molecule has 22 atom stereocenters. The fraction of sp³-hybridized carbons (Fsp3) is 0.419. The molecule has 0 spiro atoms. The number of carbonyl (C=O) groups is 8. The van der Waals surface area contributed by atoms with Crippen LogP contribution in [0.25, 0.3) is 22.3 Å². The van der Waals surface area contributed by atoms with E-state index in [1.54, 1.807) is 50.2 Å². The van der Waals surface area contributed by atoms with Crippen LogP contribution in [0.3, 0.4) is 0 Å². The van der Waals surface area contributed by atoms with Crippen molar-refractivity contribution in [2.45, 2.75) is 207 Å². The zero-order chi connectivity index (χ0) is 91.9. The highest BCUT2D eigenvalue weighted by atomic mass is 35.5. The molecule has 22 N–H and O–H groups in total. The molecule has 15 rings (SSSR count). The second-order valence-corrected chi connectivity index (χ2v) is 33.8. The van der Waals surface area contributed by atoms with Gasteiger partial charge in [-0.1, -0.05) is 79.5 Å². The largest absolute Gasteiger partial charge is 0.508 e. The third kappa shape index (κ3) is 20.3. The minimum Gasteiger partial charge on any atom is -0.508 e. The monoisotopic (exact) mass is 1800 g/mol. The van der Waals surface area contributed by atoms with Crippen molar-refractivity contribution in [1.29, 1.82) is 0 Å². The van der Waals surface area contributed by atoms with Crippen molar-refractivity contribution in [2.75, 3.05) is 13.7 Å². The molecule has 7 aromatic rings. The number of amides is 7. The molecule has 39 nitrogen and oxygen atoms in total. The average molecular weight is 1800 g/mol. The van der Waals surface area contributed by atoms with Gasteiger partial charge in [-0.2, -0.15) is 0 Å². The van der Waals surface area contributed by atoms with E-state index >= 15 is 24.0 Å². The summed E-state index contributed by atoms with van der Waals surface area (Å²) in [7, 11) is 1.47. The number of phenolic OH excluding ortho intramolecular Hbond substituents is 3. The summed E-state index contributed by atoms with van der Waals surface area (Å²) in [4.78, 5) is 132. The molecule has 41 heteroatoms. The average Bonchev–Trinajstić information content (AvgIpc) is 0.762. The summed E-state index contributed by atoms with van der Waals surface area (Å²) in [5, 5.41) is 149. The predicted octanol–water partition coefficient (Wildman–Crippen LogP) is 3.75. The van der Waals surface area contributed by atoms with Crippen LogP contribution in [0.1, 0.15) is 131 Å². The minimum atomic E-state index is -2.41. The van der Waals surface area contributed by atoms with Crippen LogP contribution in [0.15, 0.2) is 127 Å². The number of nitro benzene ring substituents is 1. The number of fused-ring (bicyclic) bond motifs is 15. The van der Waals surface area contributed by atoms with Crippen molar-refractivity contribution < 1.29 is 132 Å². The van der Waals surface area contributed by atoms with Gasteiger partial charge in [-0.15, -0.1) is 0 Å². The Balaban J connectivity index is 1.01. The van der Waals surface area contributed by atoms with Crippen molar-refractivity contribution in [1.82, 2.24) is 42.5 Å². The summed E-state index contributed by atoms with van der Waals surface area (Å²) < 4.78 is 52.8. The van der Waals surface area contributed by atoms with Gasteiger partial charge in [0.15, 0.2) is 36.2 Å². The standard InChI is InChI=1S/C86H97Cl2N11O28/c1-35(2)22-51(91-7)77(110)97-67-69(105)42-15-20-55(49(87)24-42)122-57-26-44-27-58(73(57)127-84-74(71(107)70(106)59(34-100)124-84)126-62-32-86(6,76(109)37(4)121-62)92-33-38-8-10-39(11-9-38)40-12-17-45(18-13-40)99(118)119)123-56-21-16-43(25-50(56)88)72(125-61-31-85(5,90)75(108)36(3)120-61)68-82(115)96-66(83(116)117)48-28-46(101)29-54(103)63(48)47-23-41(14-19-53(47)102)64(79(112)98-68)95-80(113)65(44)94-78(111)52(30-60(89)104)93-81(67)114/h8-21,23-29,35-37,51-52,59,61-62,64-72,74-76,84,91-92,100-103,105-109H,22,30-34,90H2,1-7H3,(H2,89,104)(H,93,114)(H,94,111)(H,95,113)(H,96,115)(H,97,110)(H,98,112)(H,116,117)/t36-,37-,51+,52-,59+,61-,62-,64+,65+,66-,67+,68-,69+,70+,71-,72+,74+,75-,76-,84-,85-,86-/m0/s1. The van der Waals surface area contributed by atoms with E-state index in [-0.39, 0.29) is 59.9 Å². The number of nitrogens with one attached hydrogen (secondary N) is 8. The first-order valence-electron chi connectivity index (χ1n) is 40.5. The Labute approximate surface area is 734 Å². The Bertz CT molecular complexity index is 5370. The number of ether oxygens (including phenoxy) is 8. The zero-order valence-electron chi connectivity index (χ0n) is 69.2. The number of non-ortho nitro benzene ring substituents is 1. The van der Waals surface area contributed by atoms with Gasteiger partial charge in [0.05, 0.1) is 58.5 Å². The second-order valence-electron chi connectivity index (χ2n) is 33.0. The van der Waals surface area contributed by atoms with E-state index in [1.165, 1.54) is 57.3 Å². The second kappa shape index (κ2) is 38.2. The van der Waals surface area contributed by atoms with Crippen molar-refractivity contribution in [3.63, 3.8) is 0 Å². The summed E-state index contributed by atoms with van der Waals surface area (Å²) in [5.74, 6) is -16.3. The van der Waals surface area contributed by atoms with E-state index < -0.39 is 271 Å². The van der Waals surface area contributed by atoms with Crippen LogP contribution in [0.4, 0.5) is 5.69 Å². The van der Waals surface area contributed by atoms with E-state index in [1.807, 2.05) is 13.8 Å². The zero-order valence-corrected chi connectivity index (χ0v) is 70.7. The number of hydrogen-bond donors (Lipinski definition) is 20. The third-order valence-corrected chi connectivity index (χ3v) is 23.8. The molecule has 678 valence electrons. The first kappa shape index (κ1) is 93.2. The number of nitrogens with two attached hydrogens (primary N) is 2. The molecule has 11 bridgehead atoms. The third-order valence-electron chi connectivity index (χ3n) is 23.2. The lowest BCUT2D eigenvalue weighted by Crippen LogP contribution is -2.65. The number of aliphatic carboxylic acids is 1. The van der Waals surface area contributed by atoms with Gasteiger partial charge in [0.2, 0.25) is 53.4 Å². The predicted molar refractivity (Wildman–Crippen MR) is 447 cm³/mol. The molecule has 0 aliphatic carbocycles. The molecule has 7 amide bonds. The number of halogens is 2. The van der Waals surface area contributed by atoms with Crippen LogP contribution in [-0.2, 0) is 68.6 Å². The number of carbonyl (C=O) groups excluding carboxylic acids is 7. The van der Waals surface area contributed by atoms with E-state index in [4.69, 9.17) is 72.6 Å². The molecule has 0 aromatic heterocycles. The summed E-state index contributed by atoms with van der Waals surface area (Å²) in [6.45, 7) is 8.88. The molecule has 8 heterocycles. The van der Waals surface area contributed by atoms with Gasteiger partial charge in [-0.3, -0.25) is 43.7 Å². The molecule has 0 saturated carbocycles. The lowest BCUT2D eigenvalue weighted by molar-refractivity contribution is -0.384. The van der Waals surface area contributed by atoms with Crippen LogP contribution in [0, 0.1) is 16.0 Å². The van der Waals surface area contributed by atoms with Crippen LogP contribution in [-0.4, -0.2) is 220 Å². The maximum Gasteiger partial charge on any atom is 0.330 e. The minimum absolute atomic E-state index is 0.0894. The quantitative estimate of drug-likeness (QED) is 0.0381. The highest BCUT2D eigenvalue weighted by Crippen LogP contribution is 2.51. The fourth-order valence-corrected chi connectivity index (χ4v) is 16.8. The number of phenols is 3. The smallest absolute Gasteiger partial charge is 0.330 e. The molecule has 8 aliphatic rings. The van der Waals surface area contributed by atoms with E-state index in [0.717, 1.165) is 65.7 Å². The maximum absolute atomic E-state index is 16.6. The molecule has 3 fully saturated rings. The van der Waals surface area contributed by atoms with Crippen LogP contribution in [0.5, 0.6) is 46.0 Å². The molecule has 7 aromatic carbocycles. The molecular formula is C86H97Cl2N11O28. The topological polar surface area (TPSA) is 604 Å². The number of carboxylic acids is 1. The maximum atomic E-state index is 16.6. The molecule has 0 radical (unpaired) electrons. The number of carboxylic acid groups (broad SMARTS) is 1. The number of hydrogen-bond acceptors (Lipinski definition) is 30. The number of rotatable bonds is 20. The first-order chi connectivity index (χ1) is 60.1. The number of primary amides is 1. The van der Waals surface area contributed by atoms with Gasteiger partial charge in [0.25, 0.3) is 5.69 Å². The van der Waals surface area contributed by atoms with E-state index in [0.29, 0.717) is 5.56 Å². The summed E-state index contributed by atoms with van der Waals surface area (Å²) in [6, 6.07) is 12.6. The van der Waals surface area contributed by atoms with Gasteiger partial charge in [0.1, 0.15) is 89.5 Å². The van der Waals surface area contributed by atoms with Gasteiger partial charge < -0.3 is 143 Å². The lowest BCUT2D eigenvalue weighted by Gasteiger charge is -2.48. The van der Waals surface area contributed by atoms with Crippen LogP contribution < -0.4 is 68.2 Å². The fourth-order valence-electron chi connectivity index (χ4n) is 16.3. The van der Waals surface area contributed by atoms with Crippen molar-refractivity contribution in [2.24, 2.45) is 17.4 Å². The molecular weight excluding hydrogens is 1710 g/mol. The lowest BCUT2D eigenvalue weighted by atomic mass is 9.84. The number of aliphatic hydroxyl groups excluding tert-OH is 6. The highest BCUT2D eigenvalue weighted by molar-refractivity contribution is 6.32. The normalized spacial score (nSPS) is 29.4. The Kier molecular flexibility index (Phi) is 28.0. The van der Waals surface area contributed by atoms with Crippen molar-refractivity contribution >= 4 is 76.2 Å². The van der Waals surface area contributed by atoms with Crippen LogP contribution >= 0.6 is 23.2 Å². The molecule has 127 heavy (non-hydrogen) atoms. The van der Waals surface area contributed by atoms with Gasteiger partial charge in [0, 0.05) is 65.4 Å². The summed E-state index contributed by atoms with van der Waals surface area (Å²) in [5.41, 5.74) is 8.91. The highest BCUT2D eigenvalue weighted by Gasteiger charge is 2.53. The Morgan fingerprint density at radius 1 is 0.661 bits per heavy atom. The number of benzene rings is 7. The molecule has 8 aliphatic heterocycles. The van der Waals surface area contributed by atoms with Crippen LogP contribution in [0.2, 0.25) is 10.0 Å². The van der Waals surface area contributed by atoms with Gasteiger partial charge in [-0.05, 0) is 153 Å². The first-order valence-corrected chi connectivity index (χ1v) is 41.2. The molecule has 3 saturated heterocycles. The Hall–Kier alpha value is -11.5. The summed E-state index contributed by atoms with van der Waals surface area (Å²) >= 11 is 14.7. The number of aliphatic hydroxyl groups is 6. The van der Waals surface area contributed by atoms with Crippen molar-refractivity contribution in [3.8, 4) is 68.2 Å². The summed E-state index contributed by atoms with van der Waals surface area (Å²) in [6.07, 6.45) is -23.3. The van der Waals surface area contributed by atoms with Gasteiger partial charge >= 0.3 is 5.97 Å². The molecule has 0 unspecified atom stereocenters. The number of nitrogens with zero attached hydrogens (tertiary/aromatic N) is 1. The Morgan fingerprint density at radius 3 is 1.85 bits per heavy atom. The SMILES string of the molecule is CN[C@H](CC(C)C)C(=O)N[C@H]1C(=O)N[C@@H](CC(N)=O)C(=O)N[C@H]2C(=O)N[C@H]3C(=O)N[C@H](C(=O)N[C@H](C(=O)O)c4cc(O)cc(O)c4-c4cc3ccc4O)[C@H](O[C@H]3C[C@](C)(N)[C@@H](O)[C@H](C)O3)c3ccc(c(Cl)c3)Oc3cc2cc(c3O[C@@H]2O[C@H](CO)[C@@H](O)[C@H](O)[C@H]2O[C@H]2C[C@](C)(NCc3ccc(-c4ccc([N+](=O)[O-])cc4)cc3)[C@@H](O)[C@H](C)O2)Oc2ccc(cc2Cl)[C@H]1O. The van der Waals surface area contributed by atoms with Crippen molar-refractivity contribution in [3.05, 3.63) is 181 Å². The van der Waals surface area contributed by atoms with Gasteiger partial charge in [-0.25, -0.2) is 4.79 Å². The number of likely N-dealkylation sites (N-methyl/N-ethyl adjacent to an activating group) is 1. The van der Waals surface area contributed by atoms with E-state index in [9.17, 15) is 75.6 Å². The Morgan fingerprint density at radius 2 is 1.25 bits per heavy atom. The van der Waals surface area contributed by atoms with E-state index in [2.05, 4.69) is 42.5 Å². The number of nitro groups is 1.